The fourth-order valence-electron chi connectivity index (χ4n) is 1.73. The van der Waals surface area contributed by atoms with E-state index >= 15 is 0 Å². The molecule has 1 rings (SSSR count). The van der Waals surface area contributed by atoms with Crippen molar-refractivity contribution in [3.8, 4) is 0 Å². The highest BCUT2D eigenvalue weighted by Crippen LogP contribution is 2.52. The van der Waals surface area contributed by atoms with E-state index in [9.17, 15) is 9.59 Å². The number of hydrogen-bond acceptors (Lipinski definition) is 2. The van der Waals surface area contributed by atoms with Crippen molar-refractivity contribution in [2.24, 2.45) is 11.3 Å². The topological polar surface area (TPSA) is 57.6 Å². The lowest BCUT2D eigenvalue weighted by molar-refractivity contribution is -0.138. The second-order valence-corrected chi connectivity index (χ2v) is 5.00. The van der Waals surface area contributed by atoms with Crippen molar-refractivity contribution in [2.45, 2.75) is 33.1 Å². The van der Waals surface area contributed by atoms with E-state index in [4.69, 9.17) is 5.11 Å². The molecule has 0 aromatic rings. The Morgan fingerprint density at radius 1 is 1.47 bits per heavy atom. The fraction of sp³-hybridized carbons (Fsp3) is 0.818. The van der Waals surface area contributed by atoms with Crippen molar-refractivity contribution in [1.29, 1.82) is 0 Å². The van der Waals surface area contributed by atoms with Crippen molar-refractivity contribution in [2.75, 3.05) is 13.6 Å². The second-order valence-electron chi connectivity index (χ2n) is 5.00. The first kappa shape index (κ1) is 12.0. The maximum Gasteiger partial charge on any atom is 0.303 e. The highest BCUT2D eigenvalue weighted by molar-refractivity contribution is 5.82. The number of carbonyl (C=O) groups excluding carboxylic acids is 1. The van der Waals surface area contributed by atoms with Crippen LogP contribution in [0.2, 0.25) is 0 Å². The summed E-state index contributed by atoms with van der Waals surface area (Å²) in [6.07, 6.45) is 1.62. The van der Waals surface area contributed by atoms with Gasteiger partial charge in [0, 0.05) is 25.9 Å². The summed E-state index contributed by atoms with van der Waals surface area (Å²) in [5.41, 5.74) is 0.151. The molecule has 1 atom stereocenters. The summed E-state index contributed by atoms with van der Waals surface area (Å²) >= 11 is 0. The quantitative estimate of drug-likeness (QED) is 0.750. The van der Waals surface area contributed by atoms with Gasteiger partial charge >= 0.3 is 5.97 Å². The molecule has 1 aliphatic rings. The first-order valence-corrected chi connectivity index (χ1v) is 5.31. The third-order valence-corrected chi connectivity index (χ3v) is 3.07. The van der Waals surface area contributed by atoms with Gasteiger partial charge in [0.2, 0.25) is 5.91 Å². The Morgan fingerprint density at radius 2 is 2.00 bits per heavy atom. The standard InChI is InChI=1S/C11H19NO3/c1-11(2)7-8(11)10(15)12(3)6-4-5-9(13)14/h8H,4-7H2,1-3H3,(H,13,14)/t8-/m1/s1. The van der Waals surface area contributed by atoms with E-state index in [0.29, 0.717) is 13.0 Å². The Balaban J connectivity index is 2.26. The number of hydrogen-bond donors (Lipinski definition) is 1. The maximum atomic E-state index is 11.8. The lowest BCUT2D eigenvalue weighted by Gasteiger charge is -2.17. The van der Waals surface area contributed by atoms with Gasteiger partial charge in [0.1, 0.15) is 0 Å². The Morgan fingerprint density at radius 3 is 2.40 bits per heavy atom. The zero-order chi connectivity index (χ0) is 11.6. The molecule has 1 amide bonds. The number of carboxylic acids is 1. The summed E-state index contributed by atoms with van der Waals surface area (Å²) < 4.78 is 0. The van der Waals surface area contributed by atoms with Crippen molar-refractivity contribution in [1.82, 2.24) is 4.90 Å². The van der Waals surface area contributed by atoms with E-state index in [0.717, 1.165) is 6.42 Å². The molecule has 0 saturated heterocycles. The lowest BCUT2D eigenvalue weighted by atomic mass is 10.1. The molecule has 0 spiro atoms. The minimum absolute atomic E-state index is 0.131. The molecule has 0 aromatic carbocycles. The molecule has 1 N–H and O–H groups in total. The smallest absolute Gasteiger partial charge is 0.303 e. The van der Waals surface area contributed by atoms with E-state index in [1.165, 1.54) is 0 Å². The molecule has 0 aliphatic heterocycles. The molecule has 0 radical (unpaired) electrons. The molecule has 0 unspecified atom stereocenters. The summed E-state index contributed by atoms with van der Waals surface area (Å²) in [5.74, 6) is -0.500. The van der Waals surface area contributed by atoms with Crippen molar-refractivity contribution >= 4 is 11.9 Å². The van der Waals surface area contributed by atoms with Gasteiger partial charge in [-0.3, -0.25) is 9.59 Å². The summed E-state index contributed by atoms with van der Waals surface area (Å²) in [5, 5.41) is 8.47. The number of carboxylic acid groups (broad SMARTS) is 1. The van der Waals surface area contributed by atoms with Gasteiger partial charge in [-0.2, -0.15) is 0 Å². The molecule has 15 heavy (non-hydrogen) atoms. The molecule has 86 valence electrons. The van der Waals surface area contributed by atoms with E-state index in [-0.39, 0.29) is 23.7 Å². The monoisotopic (exact) mass is 213 g/mol. The number of amides is 1. The predicted octanol–water partition coefficient (Wildman–Crippen LogP) is 1.36. The van der Waals surface area contributed by atoms with Crippen LogP contribution in [0.15, 0.2) is 0 Å². The van der Waals surface area contributed by atoms with E-state index in [1.807, 2.05) is 0 Å². The average molecular weight is 213 g/mol. The van der Waals surface area contributed by atoms with Crippen LogP contribution in [-0.2, 0) is 9.59 Å². The zero-order valence-corrected chi connectivity index (χ0v) is 9.62. The third-order valence-electron chi connectivity index (χ3n) is 3.07. The molecule has 0 aromatic heterocycles. The molecule has 1 fully saturated rings. The van der Waals surface area contributed by atoms with Crippen LogP contribution in [0.5, 0.6) is 0 Å². The molecule has 1 saturated carbocycles. The van der Waals surface area contributed by atoms with Crippen LogP contribution in [0.4, 0.5) is 0 Å². The number of aliphatic carboxylic acids is 1. The van der Waals surface area contributed by atoms with Crippen LogP contribution in [0.3, 0.4) is 0 Å². The van der Waals surface area contributed by atoms with Gasteiger partial charge in [-0.15, -0.1) is 0 Å². The van der Waals surface area contributed by atoms with Gasteiger partial charge in [0.25, 0.3) is 0 Å². The summed E-state index contributed by atoms with van der Waals surface area (Å²) in [4.78, 5) is 23.7. The SMILES string of the molecule is CN(CCCC(=O)O)C(=O)[C@H]1CC1(C)C. The highest BCUT2D eigenvalue weighted by Gasteiger charge is 2.51. The van der Waals surface area contributed by atoms with Gasteiger partial charge in [-0.05, 0) is 18.3 Å². The third kappa shape index (κ3) is 3.22. The molecular weight excluding hydrogens is 194 g/mol. The normalized spacial score (nSPS) is 22.2. The van der Waals surface area contributed by atoms with Crippen LogP contribution >= 0.6 is 0 Å². The Hall–Kier alpha value is -1.06. The lowest BCUT2D eigenvalue weighted by Crippen LogP contribution is -2.30. The Labute approximate surface area is 90.3 Å². The largest absolute Gasteiger partial charge is 0.481 e. The Kier molecular flexibility index (Phi) is 3.37. The summed E-state index contributed by atoms with van der Waals surface area (Å²) in [7, 11) is 1.75. The van der Waals surface area contributed by atoms with E-state index in [1.54, 1.807) is 11.9 Å². The molecule has 4 heteroatoms. The average Bonchev–Trinajstić information content (AvgIpc) is 2.73. The minimum Gasteiger partial charge on any atom is -0.481 e. The highest BCUT2D eigenvalue weighted by atomic mass is 16.4. The summed E-state index contributed by atoms with van der Waals surface area (Å²) in [6.45, 7) is 4.71. The van der Waals surface area contributed by atoms with Crippen LogP contribution in [-0.4, -0.2) is 35.5 Å². The number of carbonyl (C=O) groups is 2. The van der Waals surface area contributed by atoms with Crippen molar-refractivity contribution in [3.63, 3.8) is 0 Å². The number of rotatable bonds is 5. The molecule has 4 nitrogen and oxygen atoms in total. The molecule has 0 heterocycles. The zero-order valence-electron chi connectivity index (χ0n) is 9.62. The first-order chi connectivity index (χ1) is 6.84. The van der Waals surface area contributed by atoms with Gasteiger partial charge in [0.15, 0.2) is 0 Å². The minimum atomic E-state index is -0.803. The van der Waals surface area contributed by atoms with Crippen LogP contribution in [0.25, 0.3) is 0 Å². The van der Waals surface area contributed by atoms with Crippen molar-refractivity contribution < 1.29 is 14.7 Å². The van der Waals surface area contributed by atoms with Crippen LogP contribution < -0.4 is 0 Å². The Bertz CT molecular complexity index is 273. The molecule has 0 bridgehead atoms. The fourth-order valence-corrected chi connectivity index (χ4v) is 1.73. The van der Waals surface area contributed by atoms with Gasteiger partial charge in [0.05, 0.1) is 0 Å². The van der Waals surface area contributed by atoms with E-state index < -0.39 is 5.97 Å². The summed E-state index contributed by atoms with van der Waals surface area (Å²) in [6, 6.07) is 0. The van der Waals surface area contributed by atoms with Gasteiger partial charge in [-0.1, -0.05) is 13.8 Å². The first-order valence-electron chi connectivity index (χ1n) is 5.31. The van der Waals surface area contributed by atoms with Crippen LogP contribution in [0, 0.1) is 11.3 Å². The molecule has 1 aliphatic carbocycles. The van der Waals surface area contributed by atoms with Crippen LogP contribution in [0.1, 0.15) is 33.1 Å². The van der Waals surface area contributed by atoms with Crippen molar-refractivity contribution in [3.05, 3.63) is 0 Å². The van der Waals surface area contributed by atoms with Gasteiger partial charge < -0.3 is 10.0 Å². The van der Waals surface area contributed by atoms with E-state index in [2.05, 4.69) is 13.8 Å². The second kappa shape index (κ2) is 4.21. The number of nitrogens with zero attached hydrogens (tertiary/aromatic N) is 1. The predicted molar refractivity (Wildman–Crippen MR) is 56.4 cm³/mol. The maximum absolute atomic E-state index is 11.8. The molecular formula is C11H19NO3. The van der Waals surface area contributed by atoms with Gasteiger partial charge in [-0.25, -0.2) is 0 Å².